The van der Waals surface area contributed by atoms with Crippen LogP contribution < -0.4 is 31.2 Å². The van der Waals surface area contributed by atoms with E-state index in [-0.39, 0.29) is 35.6 Å². The van der Waals surface area contributed by atoms with Gasteiger partial charge in [0.1, 0.15) is 17.2 Å². The summed E-state index contributed by atoms with van der Waals surface area (Å²) in [6.07, 6.45) is 0.682. The number of nitrogens with two attached hydrogens (primary N) is 2. The Morgan fingerprint density at radius 2 is 1.73 bits per heavy atom. The van der Waals surface area contributed by atoms with Crippen LogP contribution in [-0.2, 0) is 4.79 Å². The Bertz CT molecular complexity index is 1030. The van der Waals surface area contributed by atoms with Crippen LogP contribution in [0.5, 0.6) is 11.5 Å². The minimum Gasteiger partial charge on any atom is -0.493 e. The predicted octanol–water partition coefficient (Wildman–Crippen LogP) is 3.48. The number of nitrogens with one attached hydrogen (secondary N) is 1. The van der Waals surface area contributed by atoms with Crippen LogP contribution in [0.2, 0.25) is 0 Å². The van der Waals surface area contributed by atoms with E-state index in [1.54, 1.807) is 11.0 Å². The fourth-order valence-electron chi connectivity index (χ4n) is 3.26. The van der Waals surface area contributed by atoms with Gasteiger partial charge >= 0.3 is 0 Å². The molecule has 1 heterocycles. The van der Waals surface area contributed by atoms with Crippen LogP contribution >= 0.6 is 28.3 Å². The summed E-state index contributed by atoms with van der Waals surface area (Å²) in [5.74, 6) is 1.71. The molecule has 0 saturated heterocycles. The molecule has 0 atom stereocenters. The maximum Gasteiger partial charge on any atom is 0.235 e. The molecule has 1 aliphatic rings. The van der Waals surface area contributed by atoms with Crippen molar-refractivity contribution in [1.29, 1.82) is 0 Å². The van der Waals surface area contributed by atoms with Crippen molar-refractivity contribution in [1.82, 2.24) is 0 Å². The lowest BCUT2D eigenvalue weighted by Crippen LogP contribution is -2.54. The number of guanidine groups is 2. The first-order valence-corrected chi connectivity index (χ1v) is 11.2. The molecule has 0 radical (unpaired) electrons. The van der Waals surface area contributed by atoms with Gasteiger partial charge in [-0.1, -0.05) is 28.1 Å². The lowest BCUT2D eigenvalue weighted by atomic mass is 10.1. The van der Waals surface area contributed by atoms with E-state index in [1.807, 2.05) is 56.3 Å². The average molecular weight is 540 g/mol. The van der Waals surface area contributed by atoms with Gasteiger partial charge in [0.15, 0.2) is 0 Å². The zero-order valence-corrected chi connectivity index (χ0v) is 20.9. The second kappa shape index (κ2) is 11.8. The smallest absolute Gasteiger partial charge is 0.235 e. The molecule has 0 unspecified atom stereocenters. The standard InChI is InChI=1S/C22H27BrN6O3.ClH/c1-22(2)28-20(24)27-21(25)29(22)16-7-4-9-18(13-16)32-11-5-10-31-17-8-3-6-15(12-17)26-19(30)14-23;/h3-4,6-9,12-13H,5,10-11,14H2,1-2H3,(H,26,30)(H4,24,25,27,28);1H. The van der Waals surface area contributed by atoms with Crippen LogP contribution in [0, 0.1) is 0 Å². The van der Waals surface area contributed by atoms with Crippen molar-refractivity contribution < 1.29 is 14.3 Å². The molecular formula is C22H28BrClN6O3. The highest BCUT2D eigenvalue weighted by molar-refractivity contribution is 9.09. The summed E-state index contributed by atoms with van der Waals surface area (Å²) in [7, 11) is 0. The highest BCUT2D eigenvalue weighted by Crippen LogP contribution is 2.30. The van der Waals surface area contributed by atoms with E-state index in [4.69, 9.17) is 20.9 Å². The van der Waals surface area contributed by atoms with Crippen molar-refractivity contribution in [3.63, 3.8) is 0 Å². The molecule has 3 rings (SSSR count). The maximum atomic E-state index is 11.5. The van der Waals surface area contributed by atoms with E-state index in [2.05, 4.69) is 31.2 Å². The number of alkyl halides is 1. The van der Waals surface area contributed by atoms with E-state index >= 15 is 0 Å². The predicted molar refractivity (Wildman–Crippen MR) is 138 cm³/mol. The zero-order valence-electron chi connectivity index (χ0n) is 18.5. The van der Waals surface area contributed by atoms with Gasteiger partial charge in [0, 0.05) is 29.9 Å². The second-order valence-electron chi connectivity index (χ2n) is 7.53. The molecule has 0 aliphatic carbocycles. The zero-order chi connectivity index (χ0) is 23.1. The maximum absolute atomic E-state index is 11.5. The Kier molecular flexibility index (Phi) is 9.36. The van der Waals surface area contributed by atoms with E-state index in [9.17, 15) is 4.79 Å². The van der Waals surface area contributed by atoms with Gasteiger partial charge in [-0.2, -0.15) is 4.99 Å². The number of hydrogen-bond donors (Lipinski definition) is 3. The highest BCUT2D eigenvalue weighted by atomic mass is 79.9. The molecule has 2 aromatic carbocycles. The van der Waals surface area contributed by atoms with Crippen molar-refractivity contribution in [2.45, 2.75) is 25.9 Å². The van der Waals surface area contributed by atoms with Gasteiger partial charge in [-0.05, 0) is 38.1 Å². The van der Waals surface area contributed by atoms with Crippen molar-refractivity contribution >= 4 is 57.5 Å². The molecule has 1 aliphatic heterocycles. The number of hydrogen-bond acceptors (Lipinski definition) is 8. The monoisotopic (exact) mass is 538 g/mol. The molecule has 5 N–H and O–H groups in total. The molecular weight excluding hydrogens is 512 g/mol. The van der Waals surface area contributed by atoms with Crippen LogP contribution in [0.1, 0.15) is 20.3 Å². The average Bonchev–Trinajstić information content (AvgIpc) is 2.72. The SMILES string of the molecule is CC1(C)N=C(N)N=C(N)N1c1cccc(OCCCOc2cccc(NC(=O)CBr)c2)c1.Cl. The Hall–Kier alpha value is -2.98. The van der Waals surface area contributed by atoms with Crippen molar-refractivity contribution in [2.75, 3.05) is 28.8 Å². The molecule has 1 amide bonds. The number of carbonyl (C=O) groups excluding carboxylic acids is 1. The van der Waals surface area contributed by atoms with Crippen LogP contribution in [0.15, 0.2) is 58.5 Å². The molecule has 2 aromatic rings. The summed E-state index contributed by atoms with van der Waals surface area (Å²) in [4.78, 5) is 21.7. The van der Waals surface area contributed by atoms with E-state index in [1.165, 1.54) is 0 Å². The first-order valence-electron chi connectivity index (χ1n) is 10.1. The number of amides is 1. The molecule has 11 heteroatoms. The van der Waals surface area contributed by atoms with Gasteiger partial charge in [-0.25, -0.2) is 4.99 Å². The highest BCUT2D eigenvalue weighted by Gasteiger charge is 2.33. The quantitative estimate of drug-likeness (QED) is 0.331. The normalized spacial score (nSPS) is 14.5. The van der Waals surface area contributed by atoms with Crippen molar-refractivity contribution in [3.05, 3.63) is 48.5 Å². The van der Waals surface area contributed by atoms with Crippen LogP contribution in [-0.4, -0.2) is 42.0 Å². The molecule has 33 heavy (non-hydrogen) atoms. The topological polar surface area (TPSA) is 128 Å². The second-order valence-corrected chi connectivity index (χ2v) is 8.09. The van der Waals surface area contributed by atoms with Crippen molar-refractivity contribution in [3.8, 4) is 11.5 Å². The lowest BCUT2D eigenvalue weighted by molar-refractivity contribution is -0.113. The van der Waals surface area contributed by atoms with Gasteiger partial charge in [0.05, 0.1) is 18.5 Å². The fraction of sp³-hybridized carbons (Fsp3) is 0.318. The first-order chi connectivity index (χ1) is 15.3. The van der Waals surface area contributed by atoms with Gasteiger partial charge in [0.25, 0.3) is 0 Å². The van der Waals surface area contributed by atoms with Gasteiger partial charge in [-0.15, -0.1) is 12.4 Å². The van der Waals surface area contributed by atoms with Crippen LogP contribution in [0.25, 0.3) is 0 Å². The van der Waals surface area contributed by atoms with Gasteiger partial charge in [0.2, 0.25) is 17.8 Å². The van der Waals surface area contributed by atoms with Gasteiger partial charge in [-0.3, -0.25) is 9.69 Å². The minimum absolute atomic E-state index is 0. The number of anilines is 2. The molecule has 0 spiro atoms. The largest absolute Gasteiger partial charge is 0.493 e. The molecule has 178 valence electrons. The summed E-state index contributed by atoms with van der Waals surface area (Å²) in [6.45, 7) is 4.77. The fourth-order valence-corrected chi connectivity index (χ4v) is 3.40. The summed E-state index contributed by atoms with van der Waals surface area (Å²) >= 11 is 3.12. The van der Waals surface area contributed by atoms with Gasteiger partial charge < -0.3 is 26.3 Å². The van der Waals surface area contributed by atoms with Crippen molar-refractivity contribution in [2.24, 2.45) is 21.5 Å². The number of aliphatic imine (C=N–C) groups is 2. The lowest BCUT2D eigenvalue weighted by Gasteiger charge is -2.38. The third kappa shape index (κ3) is 7.26. The number of benzene rings is 2. The first kappa shape index (κ1) is 26.3. The Balaban J connectivity index is 0.00000385. The number of carbonyl (C=O) groups is 1. The number of ether oxygens (including phenoxy) is 2. The number of rotatable bonds is 9. The third-order valence-electron chi connectivity index (χ3n) is 4.53. The molecule has 0 bridgehead atoms. The molecule has 0 aromatic heterocycles. The number of halogens is 2. The Morgan fingerprint density at radius 1 is 1.09 bits per heavy atom. The summed E-state index contributed by atoms with van der Waals surface area (Å²) in [5, 5.41) is 3.01. The molecule has 0 fully saturated rings. The summed E-state index contributed by atoms with van der Waals surface area (Å²) in [5.41, 5.74) is 12.7. The Morgan fingerprint density at radius 3 is 2.36 bits per heavy atom. The molecule has 9 nitrogen and oxygen atoms in total. The van der Waals surface area contributed by atoms with E-state index < -0.39 is 5.66 Å². The Labute approximate surface area is 207 Å². The van der Waals surface area contributed by atoms with E-state index in [0.717, 1.165) is 5.69 Å². The molecule has 0 saturated carbocycles. The number of nitrogens with zero attached hydrogens (tertiary/aromatic N) is 3. The van der Waals surface area contributed by atoms with Crippen LogP contribution in [0.3, 0.4) is 0 Å². The minimum atomic E-state index is -0.662. The van der Waals surface area contributed by atoms with Crippen LogP contribution in [0.4, 0.5) is 11.4 Å². The van der Waals surface area contributed by atoms with E-state index in [0.29, 0.717) is 36.8 Å². The third-order valence-corrected chi connectivity index (χ3v) is 5.04. The summed E-state index contributed by atoms with van der Waals surface area (Å²) in [6, 6.07) is 14.8. The summed E-state index contributed by atoms with van der Waals surface area (Å²) < 4.78 is 11.6.